The van der Waals surface area contributed by atoms with E-state index in [2.05, 4.69) is 15.5 Å². The lowest BCUT2D eigenvalue weighted by Gasteiger charge is -1.85. The zero-order chi connectivity index (χ0) is 7.40. The first-order chi connectivity index (χ1) is 4.79. The molecule has 10 heavy (non-hydrogen) atoms. The molecule has 1 heterocycles. The zero-order valence-corrected chi connectivity index (χ0v) is 6.38. The lowest BCUT2D eigenvalue weighted by Crippen LogP contribution is -1.70. The first kappa shape index (κ1) is 7.21. The van der Waals surface area contributed by atoms with Crippen molar-refractivity contribution in [2.75, 3.05) is 6.26 Å². The van der Waals surface area contributed by atoms with Gasteiger partial charge in [0.15, 0.2) is 0 Å². The van der Waals surface area contributed by atoms with E-state index in [-0.39, 0.29) is 0 Å². The SMILES string of the molecule is C/[SH](=O)=N/c1[c]nccc1. The maximum absolute atomic E-state index is 10.5. The Hall–Kier alpha value is -0.900. The van der Waals surface area contributed by atoms with Crippen molar-refractivity contribution in [3.8, 4) is 0 Å². The average Bonchev–Trinajstić information content (AvgIpc) is 1.88. The number of thiol groups is 1. The van der Waals surface area contributed by atoms with Crippen LogP contribution in [0.15, 0.2) is 22.7 Å². The van der Waals surface area contributed by atoms with Gasteiger partial charge in [0.25, 0.3) is 0 Å². The Kier molecular flexibility index (Phi) is 2.39. The largest absolute Gasteiger partial charge is 0.253 e. The van der Waals surface area contributed by atoms with Gasteiger partial charge in [-0.3, -0.25) is 9.19 Å². The highest BCUT2D eigenvalue weighted by Gasteiger charge is 1.83. The van der Waals surface area contributed by atoms with Crippen LogP contribution in [0.3, 0.4) is 0 Å². The summed E-state index contributed by atoms with van der Waals surface area (Å²) in [5.41, 5.74) is 0.547. The molecule has 1 atom stereocenters. The molecule has 0 fully saturated rings. The summed E-state index contributed by atoms with van der Waals surface area (Å²) in [6, 6.07) is 3.44. The molecule has 0 saturated carbocycles. The number of hydrogen-bond acceptors (Lipinski definition) is 3. The van der Waals surface area contributed by atoms with Crippen LogP contribution >= 0.6 is 0 Å². The van der Waals surface area contributed by atoms with E-state index in [9.17, 15) is 4.21 Å². The summed E-state index contributed by atoms with van der Waals surface area (Å²) in [6.45, 7) is 0. The highest BCUT2D eigenvalue weighted by molar-refractivity contribution is 7.74. The fourth-order valence-electron chi connectivity index (χ4n) is 0.525. The Bertz CT molecular complexity index is 277. The zero-order valence-electron chi connectivity index (χ0n) is 5.48. The summed E-state index contributed by atoms with van der Waals surface area (Å²) in [5, 5.41) is 0. The molecule has 0 aliphatic heterocycles. The fourth-order valence-corrected chi connectivity index (χ4v) is 0.940. The van der Waals surface area contributed by atoms with Gasteiger partial charge in [0.05, 0.1) is 0 Å². The first-order valence-corrected chi connectivity index (χ1v) is 4.40. The lowest BCUT2D eigenvalue weighted by atomic mass is 10.4. The van der Waals surface area contributed by atoms with Crippen molar-refractivity contribution in [3.05, 3.63) is 24.5 Å². The topological polar surface area (TPSA) is 42.3 Å². The van der Waals surface area contributed by atoms with Crippen LogP contribution in [0.1, 0.15) is 0 Å². The highest BCUT2D eigenvalue weighted by Crippen LogP contribution is 2.05. The highest BCUT2D eigenvalue weighted by atomic mass is 32.2. The smallest absolute Gasteiger partial charge is 0.117 e. The second-order valence-electron chi connectivity index (χ2n) is 1.70. The fraction of sp³-hybridized carbons (Fsp3) is 0.167. The van der Waals surface area contributed by atoms with Crippen LogP contribution < -0.4 is 0 Å². The number of aromatic nitrogens is 1. The monoisotopic (exact) mass is 155 g/mol. The molecule has 1 unspecified atom stereocenters. The normalized spacial score (nSPS) is 13.3. The van der Waals surface area contributed by atoms with Crippen molar-refractivity contribution in [1.29, 1.82) is 0 Å². The van der Waals surface area contributed by atoms with Crippen molar-refractivity contribution in [1.82, 2.24) is 4.98 Å². The third-order valence-corrected chi connectivity index (χ3v) is 1.34. The van der Waals surface area contributed by atoms with Crippen molar-refractivity contribution in [2.45, 2.75) is 0 Å². The van der Waals surface area contributed by atoms with Crippen LogP contribution in [0.25, 0.3) is 0 Å². The lowest BCUT2D eigenvalue weighted by molar-refractivity contribution is 0.692. The van der Waals surface area contributed by atoms with Crippen LogP contribution in [0.2, 0.25) is 0 Å². The minimum Gasteiger partial charge on any atom is -0.253 e. The van der Waals surface area contributed by atoms with Crippen molar-refractivity contribution < 1.29 is 4.21 Å². The standard InChI is InChI=1S/C6H7N2OS/c1-10(9)8-6-3-2-4-7-5-6/h2-4,10H,1H3. The molecule has 1 rings (SSSR count). The van der Waals surface area contributed by atoms with E-state index in [1.807, 2.05) is 0 Å². The maximum atomic E-state index is 10.5. The summed E-state index contributed by atoms with van der Waals surface area (Å²) in [5.74, 6) is 0. The van der Waals surface area contributed by atoms with Crippen molar-refractivity contribution in [2.24, 2.45) is 4.36 Å². The van der Waals surface area contributed by atoms with Crippen LogP contribution in [-0.4, -0.2) is 15.4 Å². The van der Waals surface area contributed by atoms with E-state index in [4.69, 9.17) is 0 Å². The predicted molar refractivity (Wildman–Crippen MR) is 40.6 cm³/mol. The second kappa shape index (κ2) is 3.31. The first-order valence-electron chi connectivity index (χ1n) is 2.74. The molecule has 0 N–H and O–H groups in total. The predicted octanol–water partition coefficient (Wildman–Crippen LogP) is 0.808. The van der Waals surface area contributed by atoms with Gasteiger partial charge in [-0.1, -0.05) is 0 Å². The average molecular weight is 155 g/mol. The molecular weight excluding hydrogens is 148 g/mol. The number of nitrogens with zero attached hydrogens (tertiary/aromatic N) is 2. The quantitative estimate of drug-likeness (QED) is 0.610. The second-order valence-corrected chi connectivity index (χ2v) is 2.83. The van der Waals surface area contributed by atoms with Gasteiger partial charge in [-0.15, -0.1) is 0 Å². The molecule has 0 aliphatic rings. The summed E-state index contributed by atoms with van der Waals surface area (Å²) < 4.78 is 14.3. The van der Waals surface area contributed by atoms with E-state index in [1.165, 1.54) is 6.26 Å². The molecule has 53 valence electrons. The summed E-state index contributed by atoms with van der Waals surface area (Å²) in [6.07, 6.45) is 5.74. The van der Waals surface area contributed by atoms with Crippen LogP contribution in [0.4, 0.5) is 5.69 Å². The Morgan fingerprint density at radius 1 is 1.80 bits per heavy atom. The molecule has 0 amide bonds. The molecule has 1 aromatic rings. The number of hydrogen-bond donors (Lipinski definition) is 1. The molecule has 0 bridgehead atoms. The van der Waals surface area contributed by atoms with E-state index < -0.39 is 10.6 Å². The van der Waals surface area contributed by atoms with E-state index in [1.54, 1.807) is 18.3 Å². The van der Waals surface area contributed by atoms with Gasteiger partial charge in [0.1, 0.15) is 11.9 Å². The summed E-state index contributed by atoms with van der Waals surface area (Å²) in [4.78, 5) is 3.69. The maximum Gasteiger partial charge on any atom is 0.117 e. The third kappa shape index (κ3) is 2.14. The van der Waals surface area contributed by atoms with Gasteiger partial charge < -0.3 is 0 Å². The van der Waals surface area contributed by atoms with Gasteiger partial charge in [-0.25, -0.2) is 0 Å². The van der Waals surface area contributed by atoms with Gasteiger partial charge in [0.2, 0.25) is 0 Å². The Balaban J connectivity index is 2.98. The van der Waals surface area contributed by atoms with Crippen molar-refractivity contribution in [3.63, 3.8) is 0 Å². The van der Waals surface area contributed by atoms with Crippen LogP contribution in [0.5, 0.6) is 0 Å². The summed E-state index contributed by atoms with van der Waals surface area (Å²) in [7, 11) is -1.47. The molecular formula is C6H7N2OS. The van der Waals surface area contributed by atoms with E-state index in [0.717, 1.165) is 0 Å². The summed E-state index contributed by atoms with van der Waals surface area (Å²) >= 11 is 0. The number of rotatable bonds is 1. The Morgan fingerprint density at radius 3 is 3.10 bits per heavy atom. The van der Waals surface area contributed by atoms with Gasteiger partial charge >= 0.3 is 0 Å². The number of pyridine rings is 1. The molecule has 0 spiro atoms. The van der Waals surface area contributed by atoms with Gasteiger partial charge in [0, 0.05) is 23.0 Å². The van der Waals surface area contributed by atoms with E-state index in [0.29, 0.717) is 5.69 Å². The molecule has 0 saturated heterocycles. The Labute approximate surface area is 61.3 Å². The van der Waals surface area contributed by atoms with Gasteiger partial charge in [-0.2, -0.15) is 4.36 Å². The molecule has 0 aliphatic carbocycles. The van der Waals surface area contributed by atoms with E-state index >= 15 is 0 Å². The molecule has 4 heteroatoms. The molecule has 0 aromatic carbocycles. The molecule has 1 aromatic heterocycles. The van der Waals surface area contributed by atoms with Crippen molar-refractivity contribution >= 4 is 16.3 Å². The van der Waals surface area contributed by atoms with Crippen LogP contribution in [0, 0.1) is 6.20 Å². The molecule has 3 nitrogen and oxygen atoms in total. The minimum atomic E-state index is -1.47. The molecule has 1 radical (unpaired) electrons. The van der Waals surface area contributed by atoms with Gasteiger partial charge in [-0.05, 0) is 12.1 Å². The third-order valence-electron chi connectivity index (χ3n) is 0.842. The minimum absolute atomic E-state index is 0.547. The van der Waals surface area contributed by atoms with Crippen LogP contribution in [-0.2, 0) is 10.6 Å². The Morgan fingerprint density at radius 2 is 2.60 bits per heavy atom.